The smallest absolute Gasteiger partial charge is 0.0546 e. The molecule has 2 heteroatoms. The lowest BCUT2D eigenvalue weighted by molar-refractivity contribution is 0.443. The van der Waals surface area contributed by atoms with Crippen LogP contribution < -0.4 is 9.80 Å². The van der Waals surface area contributed by atoms with Gasteiger partial charge in [-0.05, 0) is 117 Å². The van der Waals surface area contributed by atoms with Crippen LogP contribution >= 0.6 is 0 Å². The molecule has 0 radical (unpaired) electrons. The van der Waals surface area contributed by atoms with E-state index in [-0.39, 0.29) is 5.41 Å². The van der Waals surface area contributed by atoms with Gasteiger partial charge in [0.05, 0.1) is 17.1 Å². The van der Waals surface area contributed by atoms with Gasteiger partial charge in [-0.2, -0.15) is 0 Å². The Morgan fingerprint density at radius 2 is 1.02 bits per heavy atom. The normalized spacial score (nSPS) is 14.5. The third-order valence-electron chi connectivity index (χ3n) is 13.6. The summed E-state index contributed by atoms with van der Waals surface area (Å²) >= 11 is 0. The topological polar surface area (TPSA) is 6.48 Å². The summed E-state index contributed by atoms with van der Waals surface area (Å²) < 4.78 is 0. The quantitative estimate of drug-likeness (QED) is 0.151. The van der Waals surface area contributed by atoms with E-state index < -0.39 is 0 Å². The Labute approximate surface area is 360 Å². The Balaban J connectivity index is 1.16. The molecule has 0 spiro atoms. The highest BCUT2D eigenvalue weighted by molar-refractivity contribution is 6.04. The van der Waals surface area contributed by atoms with E-state index in [1.165, 1.54) is 104 Å². The largest absolute Gasteiger partial charge is 0.310 e. The summed E-state index contributed by atoms with van der Waals surface area (Å²) in [5, 5.41) is 4.85. The van der Waals surface area contributed by atoms with E-state index in [0.29, 0.717) is 5.92 Å². The van der Waals surface area contributed by atoms with E-state index >= 15 is 0 Å². The van der Waals surface area contributed by atoms with E-state index in [2.05, 4.69) is 224 Å². The van der Waals surface area contributed by atoms with Crippen molar-refractivity contribution in [1.29, 1.82) is 0 Å². The molecule has 0 saturated heterocycles. The first kappa shape index (κ1) is 37.1. The van der Waals surface area contributed by atoms with Crippen LogP contribution in [0.2, 0.25) is 0 Å². The van der Waals surface area contributed by atoms with E-state index in [4.69, 9.17) is 0 Å². The molecule has 0 atom stereocenters. The Morgan fingerprint density at radius 3 is 1.82 bits per heavy atom. The summed E-state index contributed by atoms with van der Waals surface area (Å²) in [7, 11) is 0. The third-order valence-corrected chi connectivity index (χ3v) is 13.6. The molecule has 11 rings (SSSR count). The SMILES string of the molecule is CC1(C)c2ccccc2-c2c(N(c3ccc(C4CCCCC4)cc3)c3cccc(N(c4cc5ccccc5cc4-c4ccccc4)c4cccc5ccccc45)c3)cccc21. The van der Waals surface area contributed by atoms with Crippen LogP contribution in [0.5, 0.6) is 0 Å². The van der Waals surface area contributed by atoms with Gasteiger partial charge in [-0.1, -0.05) is 179 Å². The monoisotopic (exact) mass is 786 g/mol. The summed E-state index contributed by atoms with van der Waals surface area (Å²) in [6, 6.07) is 74.6. The summed E-state index contributed by atoms with van der Waals surface area (Å²) in [5.41, 5.74) is 16.0. The van der Waals surface area contributed by atoms with Crippen LogP contribution in [0.3, 0.4) is 0 Å². The first-order valence-electron chi connectivity index (χ1n) is 22.1. The van der Waals surface area contributed by atoms with Gasteiger partial charge in [-0.25, -0.2) is 0 Å². The van der Waals surface area contributed by atoms with Crippen LogP contribution in [0, 0.1) is 0 Å². The molecule has 9 aromatic carbocycles. The molecule has 2 nitrogen and oxygen atoms in total. The molecule has 9 aromatic rings. The maximum Gasteiger partial charge on any atom is 0.0546 e. The van der Waals surface area contributed by atoms with Crippen LogP contribution in [-0.4, -0.2) is 0 Å². The highest BCUT2D eigenvalue weighted by Crippen LogP contribution is 2.55. The van der Waals surface area contributed by atoms with Gasteiger partial charge in [-0.15, -0.1) is 0 Å². The lowest BCUT2D eigenvalue weighted by atomic mass is 9.82. The fraction of sp³-hybridized carbons (Fsp3) is 0.153. The Kier molecular flexibility index (Phi) is 9.30. The first-order valence-corrected chi connectivity index (χ1v) is 22.1. The van der Waals surface area contributed by atoms with Gasteiger partial charge in [0.25, 0.3) is 0 Å². The maximum absolute atomic E-state index is 2.52. The standard InChI is InChI=1S/C59H50N2/c1-59(2)53-30-14-13-29-51(53)58-54(59)31-17-33-56(58)60(47-36-34-42(35-37-47)41-18-5-3-6-19-41)48-26-16-27-49(40-48)61(55-32-15-25-43-22-11-12-28-50(43)55)57-39-46-24-10-9-23-45(46)38-52(57)44-20-7-4-8-21-44/h4,7-17,20-41H,3,5-6,18-19H2,1-2H3. The van der Waals surface area contributed by atoms with E-state index in [1.54, 1.807) is 0 Å². The van der Waals surface area contributed by atoms with Crippen LogP contribution in [-0.2, 0) is 5.41 Å². The van der Waals surface area contributed by atoms with E-state index in [9.17, 15) is 0 Å². The fourth-order valence-corrected chi connectivity index (χ4v) is 10.5. The van der Waals surface area contributed by atoms with Crippen molar-refractivity contribution >= 4 is 55.7 Å². The van der Waals surface area contributed by atoms with Crippen molar-refractivity contribution in [1.82, 2.24) is 0 Å². The Bertz CT molecular complexity index is 3040. The zero-order chi connectivity index (χ0) is 40.9. The molecule has 2 aliphatic rings. The van der Waals surface area contributed by atoms with Crippen LogP contribution in [0.1, 0.15) is 68.6 Å². The maximum atomic E-state index is 2.52. The molecule has 296 valence electrons. The van der Waals surface area contributed by atoms with Crippen LogP contribution in [0.25, 0.3) is 43.8 Å². The molecule has 1 fully saturated rings. The summed E-state index contributed by atoms with van der Waals surface area (Å²) in [6.07, 6.45) is 6.58. The number of rotatable bonds is 8. The minimum Gasteiger partial charge on any atom is -0.310 e. The zero-order valence-electron chi connectivity index (χ0n) is 35.1. The molecule has 0 bridgehead atoms. The molecular formula is C59H50N2. The molecule has 0 N–H and O–H groups in total. The summed E-state index contributed by atoms with van der Waals surface area (Å²) in [5.74, 6) is 0.642. The second-order valence-electron chi connectivity index (χ2n) is 17.6. The predicted molar refractivity (Wildman–Crippen MR) is 260 cm³/mol. The number of benzene rings is 9. The van der Waals surface area contributed by atoms with Gasteiger partial charge in [0.2, 0.25) is 0 Å². The number of nitrogens with zero attached hydrogens (tertiary/aromatic N) is 2. The minimum atomic E-state index is -0.116. The zero-order valence-corrected chi connectivity index (χ0v) is 35.1. The van der Waals surface area contributed by atoms with Crippen molar-refractivity contribution in [2.75, 3.05) is 9.80 Å². The van der Waals surface area contributed by atoms with Crippen molar-refractivity contribution in [2.45, 2.75) is 57.3 Å². The van der Waals surface area contributed by atoms with Crippen molar-refractivity contribution < 1.29 is 0 Å². The number of hydrogen-bond donors (Lipinski definition) is 0. The third kappa shape index (κ3) is 6.50. The van der Waals surface area contributed by atoms with Crippen molar-refractivity contribution in [3.8, 4) is 22.3 Å². The van der Waals surface area contributed by atoms with Gasteiger partial charge in [0.15, 0.2) is 0 Å². The molecule has 2 aliphatic carbocycles. The number of anilines is 6. The predicted octanol–water partition coefficient (Wildman–Crippen LogP) is 17.0. The van der Waals surface area contributed by atoms with Gasteiger partial charge < -0.3 is 9.80 Å². The van der Waals surface area contributed by atoms with E-state index in [1.807, 2.05) is 0 Å². The van der Waals surface area contributed by atoms with E-state index in [0.717, 1.165) is 22.7 Å². The molecule has 61 heavy (non-hydrogen) atoms. The average Bonchev–Trinajstić information content (AvgIpc) is 3.56. The summed E-state index contributed by atoms with van der Waals surface area (Å²) in [4.78, 5) is 5.02. The Hall–Kier alpha value is -6.90. The fourth-order valence-electron chi connectivity index (χ4n) is 10.5. The van der Waals surface area contributed by atoms with Crippen molar-refractivity contribution in [3.05, 3.63) is 217 Å². The second-order valence-corrected chi connectivity index (χ2v) is 17.6. The molecule has 0 amide bonds. The lowest BCUT2D eigenvalue weighted by Gasteiger charge is -2.32. The Morgan fingerprint density at radius 1 is 0.410 bits per heavy atom. The molecule has 0 aromatic heterocycles. The number of fused-ring (bicyclic) bond motifs is 5. The molecule has 1 saturated carbocycles. The molecule has 0 unspecified atom stereocenters. The van der Waals surface area contributed by atoms with Gasteiger partial charge in [0.1, 0.15) is 0 Å². The van der Waals surface area contributed by atoms with Gasteiger partial charge in [0, 0.05) is 39.0 Å². The van der Waals surface area contributed by atoms with Gasteiger partial charge in [-0.3, -0.25) is 0 Å². The minimum absolute atomic E-state index is 0.116. The molecular weight excluding hydrogens is 737 g/mol. The molecule has 0 heterocycles. The van der Waals surface area contributed by atoms with Gasteiger partial charge >= 0.3 is 0 Å². The van der Waals surface area contributed by atoms with Crippen LogP contribution in [0.15, 0.2) is 200 Å². The van der Waals surface area contributed by atoms with Crippen molar-refractivity contribution in [2.24, 2.45) is 0 Å². The van der Waals surface area contributed by atoms with Crippen molar-refractivity contribution in [3.63, 3.8) is 0 Å². The summed E-state index contributed by atoms with van der Waals surface area (Å²) in [6.45, 7) is 4.75. The average molecular weight is 787 g/mol. The highest BCUT2D eigenvalue weighted by Gasteiger charge is 2.38. The number of hydrogen-bond acceptors (Lipinski definition) is 2. The lowest BCUT2D eigenvalue weighted by Crippen LogP contribution is -2.16. The van der Waals surface area contributed by atoms with Crippen LogP contribution in [0.4, 0.5) is 34.1 Å². The highest BCUT2D eigenvalue weighted by atomic mass is 15.2. The first-order chi connectivity index (χ1) is 30.0. The molecule has 0 aliphatic heterocycles. The second kappa shape index (κ2) is 15.3.